The van der Waals surface area contributed by atoms with Crippen molar-refractivity contribution in [3.63, 3.8) is 0 Å². The lowest BCUT2D eigenvalue weighted by Gasteiger charge is -2.42. The summed E-state index contributed by atoms with van der Waals surface area (Å²) in [5.74, 6) is 1.47. The maximum absolute atomic E-state index is 5.46. The molecular formula is C68H42N4S2. The SMILES string of the molecule is c1ccc(-c2cc(-c3ccccc3-c3csc4ccccc34)nc(-c3ccc4c(c3)C3c5ccccc5[C@H]4c4cc(-c5nc(-c6ccccc6)cc(-c6ccccc6-c6csc7ccccc67)n5)ccc43)n2)cc1. The van der Waals surface area contributed by atoms with Gasteiger partial charge in [0.2, 0.25) is 0 Å². The fourth-order valence-corrected chi connectivity index (χ4v) is 13.6. The molecule has 2 bridgehead atoms. The quantitative estimate of drug-likeness (QED) is 0.152. The van der Waals surface area contributed by atoms with Gasteiger partial charge in [-0.25, -0.2) is 19.9 Å². The minimum absolute atomic E-state index is 0.0269. The van der Waals surface area contributed by atoms with Crippen LogP contribution in [0.4, 0.5) is 0 Å². The van der Waals surface area contributed by atoms with Crippen LogP contribution in [-0.2, 0) is 0 Å². The Morgan fingerprint density at radius 3 is 1.08 bits per heavy atom. The molecule has 16 rings (SSSR count). The molecule has 0 radical (unpaired) electrons. The molecule has 0 fully saturated rings. The number of benzene rings is 9. The van der Waals surface area contributed by atoms with Crippen LogP contribution in [0.5, 0.6) is 0 Å². The van der Waals surface area contributed by atoms with Gasteiger partial charge in [0.15, 0.2) is 11.6 Å². The second-order valence-electron chi connectivity index (χ2n) is 19.2. The maximum Gasteiger partial charge on any atom is 0.160 e. The zero-order valence-corrected chi connectivity index (χ0v) is 41.5. The summed E-state index contributed by atoms with van der Waals surface area (Å²) in [6.45, 7) is 0. The predicted octanol–water partition coefficient (Wildman–Crippen LogP) is 18.0. The van der Waals surface area contributed by atoms with Crippen LogP contribution in [-0.4, -0.2) is 19.9 Å². The molecule has 346 valence electrons. The molecule has 0 aliphatic heterocycles. The lowest BCUT2D eigenvalue weighted by atomic mass is 9.61. The highest BCUT2D eigenvalue weighted by Crippen LogP contribution is 2.57. The van der Waals surface area contributed by atoms with Gasteiger partial charge in [0.1, 0.15) is 0 Å². The Balaban J connectivity index is 0.860. The fourth-order valence-electron chi connectivity index (χ4n) is 11.7. The van der Waals surface area contributed by atoms with Crippen LogP contribution in [0.1, 0.15) is 45.2 Å². The van der Waals surface area contributed by atoms with E-state index in [4.69, 9.17) is 19.9 Å². The topological polar surface area (TPSA) is 51.6 Å². The van der Waals surface area contributed by atoms with Crippen LogP contribution in [0.15, 0.2) is 241 Å². The van der Waals surface area contributed by atoms with Crippen molar-refractivity contribution in [3.05, 3.63) is 275 Å². The highest BCUT2D eigenvalue weighted by atomic mass is 32.1. The molecule has 0 saturated heterocycles. The summed E-state index contributed by atoms with van der Waals surface area (Å²) < 4.78 is 2.54. The molecule has 0 saturated carbocycles. The third kappa shape index (κ3) is 7.02. The first-order chi connectivity index (χ1) is 36.7. The number of fused-ring (bicyclic) bond motifs is 2. The first-order valence-electron chi connectivity index (χ1n) is 25.1. The van der Waals surface area contributed by atoms with Crippen molar-refractivity contribution in [1.29, 1.82) is 0 Å². The summed E-state index contributed by atoms with van der Waals surface area (Å²) >= 11 is 3.56. The standard InChI is InChI=1S/C68H42N4S2/c1-3-17-41(18-4-1)59-37-61(47-23-9-7-21-45(47)57-39-73-63-29-15-13-25-49(57)63)71-67(69-59)43-31-33-53-55(35-43)65-51-27-11-12-28-52(51)66(53)56-36-44(32-34-54(56)65)68-70-60(42-19-5-2-6-20-42)38-62(72-68)48-24-10-8-22-46(48)58-40-74-64-30-16-14-26-50(58)64/h1-40,65-66H/t65-,66?/m1/s1. The summed E-state index contributed by atoms with van der Waals surface area (Å²) in [6.07, 6.45) is 0. The molecule has 4 aromatic heterocycles. The largest absolute Gasteiger partial charge is 0.228 e. The third-order valence-electron chi connectivity index (χ3n) is 15.1. The molecular weight excluding hydrogens is 937 g/mol. The Morgan fingerprint density at radius 1 is 0.257 bits per heavy atom. The number of aromatic nitrogens is 4. The zero-order valence-electron chi connectivity index (χ0n) is 39.9. The van der Waals surface area contributed by atoms with Gasteiger partial charge >= 0.3 is 0 Å². The Morgan fingerprint density at radius 2 is 0.622 bits per heavy atom. The van der Waals surface area contributed by atoms with Gasteiger partial charge in [-0.1, -0.05) is 194 Å². The number of nitrogens with zero attached hydrogens (tertiary/aromatic N) is 4. The first-order valence-corrected chi connectivity index (χ1v) is 26.8. The number of hydrogen-bond donors (Lipinski definition) is 0. The average Bonchev–Trinajstić information content (AvgIpc) is 4.16. The highest BCUT2D eigenvalue weighted by molar-refractivity contribution is 7.18. The van der Waals surface area contributed by atoms with Crippen LogP contribution in [0.2, 0.25) is 0 Å². The molecule has 13 aromatic rings. The van der Waals surface area contributed by atoms with Crippen LogP contribution < -0.4 is 0 Å². The van der Waals surface area contributed by atoms with E-state index in [9.17, 15) is 0 Å². The molecule has 6 heteroatoms. The third-order valence-corrected chi connectivity index (χ3v) is 17.0. The lowest BCUT2D eigenvalue weighted by molar-refractivity contribution is 0.754. The Hall–Kier alpha value is -8.94. The van der Waals surface area contributed by atoms with E-state index in [1.165, 1.54) is 64.7 Å². The van der Waals surface area contributed by atoms with Crippen LogP contribution in [0.25, 0.3) is 110 Å². The Bertz CT molecular complexity index is 4070. The van der Waals surface area contributed by atoms with Crippen molar-refractivity contribution in [2.45, 2.75) is 11.8 Å². The van der Waals surface area contributed by atoms with Gasteiger partial charge in [0, 0.05) is 76.5 Å². The van der Waals surface area contributed by atoms with Gasteiger partial charge in [-0.3, -0.25) is 0 Å². The summed E-state index contributed by atoms with van der Waals surface area (Å²) in [6, 6.07) is 82.9. The van der Waals surface area contributed by atoms with Crippen molar-refractivity contribution >= 4 is 42.8 Å². The first kappa shape index (κ1) is 42.7. The minimum atomic E-state index is 0.0269. The van der Waals surface area contributed by atoms with E-state index in [1.54, 1.807) is 22.7 Å². The monoisotopic (exact) mass is 978 g/mol. The van der Waals surface area contributed by atoms with Gasteiger partial charge in [-0.05, 0) is 91.7 Å². The minimum Gasteiger partial charge on any atom is -0.228 e. The van der Waals surface area contributed by atoms with Gasteiger partial charge in [-0.2, -0.15) is 0 Å². The molecule has 1 unspecified atom stereocenters. The molecule has 2 atom stereocenters. The van der Waals surface area contributed by atoms with Gasteiger partial charge in [0.05, 0.1) is 22.8 Å². The van der Waals surface area contributed by atoms with Crippen molar-refractivity contribution in [3.8, 4) is 90.1 Å². The second-order valence-corrected chi connectivity index (χ2v) is 21.0. The van der Waals surface area contributed by atoms with E-state index >= 15 is 0 Å². The predicted molar refractivity (Wildman–Crippen MR) is 307 cm³/mol. The van der Waals surface area contributed by atoms with Crippen LogP contribution >= 0.6 is 22.7 Å². The summed E-state index contributed by atoms with van der Waals surface area (Å²) in [5, 5.41) is 7.06. The maximum atomic E-state index is 5.46. The molecule has 3 aliphatic carbocycles. The second kappa shape index (κ2) is 17.4. The Kier molecular flexibility index (Phi) is 10.0. The van der Waals surface area contributed by atoms with E-state index in [-0.39, 0.29) is 11.8 Å². The molecule has 0 spiro atoms. The molecule has 9 aromatic carbocycles. The van der Waals surface area contributed by atoms with Crippen LogP contribution in [0, 0.1) is 0 Å². The number of rotatable bonds is 8. The Labute approximate surface area is 436 Å². The van der Waals surface area contributed by atoms with E-state index in [2.05, 4.69) is 241 Å². The average molecular weight is 979 g/mol. The molecule has 74 heavy (non-hydrogen) atoms. The summed E-state index contributed by atoms with van der Waals surface area (Å²) in [7, 11) is 0. The fraction of sp³-hybridized carbons (Fsp3) is 0.0294. The van der Waals surface area contributed by atoms with E-state index < -0.39 is 0 Å². The number of hydrogen-bond acceptors (Lipinski definition) is 6. The van der Waals surface area contributed by atoms with E-state index in [0.717, 1.165) is 67.3 Å². The smallest absolute Gasteiger partial charge is 0.160 e. The molecule has 3 aliphatic rings. The lowest BCUT2D eigenvalue weighted by Crippen LogP contribution is -2.27. The molecule has 4 nitrogen and oxygen atoms in total. The van der Waals surface area contributed by atoms with E-state index in [0.29, 0.717) is 11.6 Å². The number of thiophene rings is 2. The van der Waals surface area contributed by atoms with Crippen molar-refractivity contribution in [2.24, 2.45) is 0 Å². The van der Waals surface area contributed by atoms with E-state index in [1.807, 2.05) is 0 Å². The summed E-state index contributed by atoms with van der Waals surface area (Å²) in [5.41, 5.74) is 22.5. The zero-order chi connectivity index (χ0) is 48.7. The van der Waals surface area contributed by atoms with Gasteiger partial charge in [-0.15, -0.1) is 22.7 Å². The van der Waals surface area contributed by atoms with Gasteiger partial charge < -0.3 is 0 Å². The molecule has 0 amide bonds. The van der Waals surface area contributed by atoms with Crippen molar-refractivity contribution in [1.82, 2.24) is 19.9 Å². The summed E-state index contributed by atoms with van der Waals surface area (Å²) in [4.78, 5) is 21.6. The van der Waals surface area contributed by atoms with Gasteiger partial charge in [0.25, 0.3) is 0 Å². The van der Waals surface area contributed by atoms with Crippen LogP contribution in [0.3, 0.4) is 0 Å². The highest BCUT2D eigenvalue weighted by Gasteiger charge is 2.41. The van der Waals surface area contributed by atoms with Crippen molar-refractivity contribution < 1.29 is 0 Å². The molecule has 0 N–H and O–H groups in total. The van der Waals surface area contributed by atoms with Crippen molar-refractivity contribution in [2.75, 3.05) is 0 Å². The molecule has 4 heterocycles. The normalized spacial score (nSPS) is 14.2.